The SMILES string of the molecule is COP(=O)(CC(N)C=C(C)CCC=C(C)CCC=C(C)C)OC. The van der Waals surface area contributed by atoms with Crippen LogP contribution in [-0.2, 0) is 13.6 Å². The van der Waals surface area contributed by atoms with Gasteiger partial charge in [-0.05, 0) is 53.4 Å². The average Bonchev–Trinajstić information content (AvgIpc) is 2.46. The van der Waals surface area contributed by atoms with Crippen molar-refractivity contribution >= 4 is 7.60 Å². The second-order valence-corrected chi connectivity index (χ2v) is 8.56. The molecule has 0 spiro atoms. The molecule has 0 rings (SSSR count). The van der Waals surface area contributed by atoms with E-state index in [1.807, 2.05) is 6.08 Å². The Morgan fingerprint density at radius 2 is 1.52 bits per heavy atom. The minimum absolute atomic E-state index is 0.203. The lowest BCUT2D eigenvalue weighted by Crippen LogP contribution is -2.23. The van der Waals surface area contributed by atoms with Crippen LogP contribution in [0.25, 0.3) is 0 Å². The Morgan fingerprint density at radius 1 is 1.00 bits per heavy atom. The van der Waals surface area contributed by atoms with Crippen LogP contribution >= 0.6 is 7.60 Å². The summed E-state index contributed by atoms with van der Waals surface area (Å²) < 4.78 is 21.9. The van der Waals surface area contributed by atoms with Crippen LogP contribution in [0.2, 0.25) is 0 Å². The molecule has 0 aromatic heterocycles. The molecule has 1 unspecified atom stereocenters. The Balaban J connectivity index is 4.29. The first-order chi connectivity index (χ1) is 10.7. The summed E-state index contributed by atoms with van der Waals surface area (Å²) in [5, 5.41) is 0. The van der Waals surface area contributed by atoms with Crippen molar-refractivity contribution in [2.24, 2.45) is 5.73 Å². The standard InChI is InChI=1S/C18H34NO3P/c1-15(2)9-7-10-16(3)11-8-12-17(4)13-18(19)14-23(20,21-5)22-6/h9,11,13,18H,7-8,10,12,14,19H2,1-6H3. The zero-order chi connectivity index (χ0) is 17.9. The highest BCUT2D eigenvalue weighted by Gasteiger charge is 2.23. The molecule has 0 heterocycles. The monoisotopic (exact) mass is 343 g/mol. The first kappa shape index (κ1) is 22.3. The predicted molar refractivity (Wildman–Crippen MR) is 99.9 cm³/mol. The van der Waals surface area contributed by atoms with Crippen LogP contribution in [0.15, 0.2) is 34.9 Å². The van der Waals surface area contributed by atoms with E-state index in [-0.39, 0.29) is 12.2 Å². The molecule has 0 amide bonds. The van der Waals surface area contributed by atoms with Crippen LogP contribution in [0.4, 0.5) is 0 Å². The third-order valence-electron chi connectivity index (χ3n) is 3.61. The van der Waals surface area contributed by atoms with Crippen molar-refractivity contribution in [2.45, 2.75) is 59.4 Å². The van der Waals surface area contributed by atoms with Gasteiger partial charge in [-0.25, -0.2) is 0 Å². The van der Waals surface area contributed by atoms with Gasteiger partial charge in [-0.1, -0.05) is 34.9 Å². The van der Waals surface area contributed by atoms with Gasteiger partial charge in [0.2, 0.25) is 0 Å². The van der Waals surface area contributed by atoms with Gasteiger partial charge in [-0.15, -0.1) is 0 Å². The maximum absolute atomic E-state index is 12.0. The van der Waals surface area contributed by atoms with Crippen molar-refractivity contribution < 1.29 is 13.6 Å². The predicted octanol–water partition coefficient (Wildman–Crippen LogP) is 5.22. The lowest BCUT2D eigenvalue weighted by Gasteiger charge is -2.16. The van der Waals surface area contributed by atoms with E-state index in [9.17, 15) is 4.57 Å². The van der Waals surface area contributed by atoms with Crippen molar-refractivity contribution in [3.05, 3.63) is 34.9 Å². The van der Waals surface area contributed by atoms with Crippen molar-refractivity contribution in [2.75, 3.05) is 20.4 Å². The summed E-state index contributed by atoms with van der Waals surface area (Å²) in [4.78, 5) is 0. The van der Waals surface area contributed by atoms with E-state index >= 15 is 0 Å². The molecule has 23 heavy (non-hydrogen) atoms. The molecule has 1 atom stereocenters. The quantitative estimate of drug-likeness (QED) is 0.413. The molecule has 0 aromatic carbocycles. The molecule has 0 aliphatic heterocycles. The summed E-state index contributed by atoms with van der Waals surface area (Å²) in [6.45, 7) is 8.48. The Morgan fingerprint density at radius 3 is 2.04 bits per heavy atom. The van der Waals surface area contributed by atoms with E-state index in [0.29, 0.717) is 0 Å². The van der Waals surface area contributed by atoms with E-state index in [0.717, 1.165) is 25.7 Å². The van der Waals surface area contributed by atoms with E-state index in [1.54, 1.807) is 0 Å². The third kappa shape index (κ3) is 11.5. The number of rotatable bonds is 11. The van der Waals surface area contributed by atoms with Crippen LogP contribution < -0.4 is 5.73 Å². The highest BCUT2D eigenvalue weighted by Crippen LogP contribution is 2.46. The zero-order valence-electron chi connectivity index (χ0n) is 15.6. The maximum atomic E-state index is 12.0. The topological polar surface area (TPSA) is 61.5 Å². The van der Waals surface area contributed by atoms with Gasteiger partial charge in [-0.2, -0.15) is 0 Å². The lowest BCUT2D eigenvalue weighted by molar-refractivity contribution is 0.275. The molecule has 0 radical (unpaired) electrons. The van der Waals surface area contributed by atoms with Gasteiger partial charge in [-0.3, -0.25) is 4.57 Å². The minimum Gasteiger partial charge on any atom is -0.324 e. The summed E-state index contributed by atoms with van der Waals surface area (Å²) in [7, 11) is -0.272. The van der Waals surface area contributed by atoms with Gasteiger partial charge in [0.05, 0.1) is 6.16 Å². The van der Waals surface area contributed by atoms with Crippen molar-refractivity contribution in [1.82, 2.24) is 0 Å². The zero-order valence-corrected chi connectivity index (χ0v) is 16.5. The van der Waals surface area contributed by atoms with E-state index in [4.69, 9.17) is 14.8 Å². The molecule has 0 saturated carbocycles. The number of nitrogens with two attached hydrogens (primary N) is 1. The molecule has 4 nitrogen and oxygen atoms in total. The normalized spacial score (nSPS) is 14.7. The molecule has 0 aromatic rings. The second-order valence-electron chi connectivity index (χ2n) is 6.24. The molecule has 134 valence electrons. The summed E-state index contributed by atoms with van der Waals surface area (Å²) in [6.07, 6.45) is 10.9. The molecular formula is C18H34NO3P. The highest BCUT2D eigenvalue weighted by molar-refractivity contribution is 7.53. The van der Waals surface area contributed by atoms with Crippen LogP contribution in [0.1, 0.15) is 53.4 Å². The smallest absolute Gasteiger partial charge is 0.324 e. The molecule has 0 fully saturated rings. The maximum Gasteiger partial charge on any atom is 0.332 e. The fourth-order valence-electron chi connectivity index (χ4n) is 2.22. The van der Waals surface area contributed by atoms with Gasteiger partial charge < -0.3 is 14.8 Å². The number of hydrogen-bond donors (Lipinski definition) is 1. The van der Waals surface area contributed by atoms with Crippen LogP contribution in [0.5, 0.6) is 0 Å². The van der Waals surface area contributed by atoms with Crippen LogP contribution in [0, 0.1) is 0 Å². The van der Waals surface area contributed by atoms with E-state index < -0.39 is 7.60 Å². The average molecular weight is 343 g/mol. The largest absolute Gasteiger partial charge is 0.332 e. The van der Waals surface area contributed by atoms with E-state index in [2.05, 4.69) is 39.8 Å². The first-order valence-corrected chi connectivity index (χ1v) is 9.87. The fraction of sp³-hybridized carbons (Fsp3) is 0.667. The van der Waals surface area contributed by atoms with Gasteiger partial charge in [0, 0.05) is 20.3 Å². The molecule has 5 heteroatoms. The summed E-state index contributed by atoms with van der Waals surface area (Å²) >= 11 is 0. The molecule has 0 bridgehead atoms. The number of hydrogen-bond acceptors (Lipinski definition) is 4. The first-order valence-electron chi connectivity index (χ1n) is 8.14. The van der Waals surface area contributed by atoms with Gasteiger partial charge in [0.1, 0.15) is 0 Å². The van der Waals surface area contributed by atoms with Crippen molar-refractivity contribution in [3.8, 4) is 0 Å². The Hall–Kier alpha value is -0.670. The Bertz CT molecular complexity index is 469. The fourth-order valence-corrected chi connectivity index (χ4v) is 3.29. The summed E-state index contributed by atoms with van der Waals surface area (Å²) in [5.41, 5.74) is 10.00. The number of allylic oxidation sites excluding steroid dienone is 5. The van der Waals surface area contributed by atoms with Crippen molar-refractivity contribution in [1.29, 1.82) is 0 Å². The van der Waals surface area contributed by atoms with Gasteiger partial charge in [0.25, 0.3) is 0 Å². The lowest BCUT2D eigenvalue weighted by atomic mass is 10.1. The second kappa shape index (κ2) is 11.8. The molecule has 2 N–H and O–H groups in total. The molecule has 0 saturated heterocycles. The molecule has 0 aliphatic carbocycles. The molecular weight excluding hydrogens is 309 g/mol. The van der Waals surface area contributed by atoms with Crippen LogP contribution in [-0.4, -0.2) is 26.4 Å². The van der Waals surface area contributed by atoms with Gasteiger partial charge >= 0.3 is 7.60 Å². The van der Waals surface area contributed by atoms with Gasteiger partial charge in [0.15, 0.2) is 0 Å². The summed E-state index contributed by atoms with van der Waals surface area (Å²) in [6, 6.07) is -0.316. The Kier molecular flexibility index (Phi) is 11.5. The summed E-state index contributed by atoms with van der Waals surface area (Å²) in [5.74, 6) is 0. The third-order valence-corrected chi connectivity index (χ3v) is 5.59. The van der Waals surface area contributed by atoms with E-state index in [1.165, 1.54) is 30.9 Å². The van der Waals surface area contributed by atoms with Crippen LogP contribution in [0.3, 0.4) is 0 Å². The minimum atomic E-state index is -3.04. The molecule has 0 aliphatic rings. The highest BCUT2D eigenvalue weighted by atomic mass is 31.2. The Labute approximate surface area is 142 Å². The van der Waals surface area contributed by atoms with Crippen molar-refractivity contribution in [3.63, 3.8) is 0 Å².